The molecule has 252 valence electrons. The molecule has 44 heavy (non-hydrogen) atoms. The molecule has 1 aliphatic rings. The molecule has 5 nitrogen and oxygen atoms in total. The molecule has 1 aromatic rings. The predicted octanol–water partition coefficient (Wildman–Crippen LogP) is 10.4. The maximum absolute atomic E-state index is 12.8. The molecule has 2 rings (SSSR count). The van der Waals surface area contributed by atoms with Crippen LogP contribution in [0.25, 0.3) is 0 Å². The molecule has 0 saturated heterocycles. The Kier molecular flexibility index (Phi) is 25.7. The van der Waals surface area contributed by atoms with Crippen molar-refractivity contribution in [1.29, 1.82) is 0 Å². The van der Waals surface area contributed by atoms with Gasteiger partial charge in [-0.3, -0.25) is 24.0 Å². The summed E-state index contributed by atoms with van der Waals surface area (Å²) in [4.78, 5) is 57.7. The van der Waals surface area contributed by atoms with E-state index in [2.05, 4.69) is 33.8 Å². The highest BCUT2D eigenvalue weighted by atomic mass is 16.2. The average molecular weight is 615 g/mol. The van der Waals surface area contributed by atoms with Gasteiger partial charge in [0.2, 0.25) is 0 Å². The van der Waals surface area contributed by atoms with Gasteiger partial charge in [0.25, 0.3) is 0 Å². The van der Waals surface area contributed by atoms with Crippen molar-refractivity contribution in [3.63, 3.8) is 0 Å². The highest BCUT2D eigenvalue weighted by Crippen LogP contribution is 2.37. The van der Waals surface area contributed by atoms with Crippen LogP contribution in [0.5, 0.6) is 0 Å². The van der Waals surface area contributed by atoms with E-state index in [1.807, 2.05) is 47.6 Å². The highest BCUT2D eigenvalue weighted by Gasteiger charge is 2.33. The zero-order chi connectivity index (χ0) is 34.2. The molecular formula is C39H66O5. The number of hydrogen-bond donors (Lipinski definition) is 0. The second kappa shape index (κ2) is 25.9. The maximum Gasteiger partial charge on any atom is 0.163 e. The average Bonchev–Trinajstić information content (AvgIpc) is 2.96. The van der Waals surface area contributed by atoms with E-state index in [0.717, 1.165) is 68.9 Å². The number of hydrogen-bond acceptors (Lipinski definition) is 5. The summed E-state index contributed by atoms with van der Waals surface area (Å²) < 4.78 is 0. The lowest BCUT2D eigenvalue weighted by Crippen LogP contribution is -2.30. The fourth-order valence-electron chi connectivity index (χ4n) is 5.81. The van der Waals surface area contributed by atoms with E-state index in [9.17, 15) is 24.0 Å². The van der Waals surface area contributed by atoms with Crippen molar-refractivity contribution in [1.82, 2.24) is 0 Å². The van der Waals surface area contributed by atoms with Gasteiger partial charge in [-0.05, 0) is 81.4 Å². The van der Waals surface area contributed by atoms with Crippen LogP contribution in [0.2, 0.25) is 0 Å². The molecule has 0 N–H and O–H groups in total. The molecule has 0 aliphatic heterocycles. The summed E-state index contributed by atoms with van der Waals surface area (Å²) >= 11 is 0. The lowest BCUT2D eigenvalue weighted by molar-refractivity contribution is -0.130. The number of Topliss-reactive ketones (excluding diaryl/α,β-unsaturated/α-hetero) is 5. The molecule has 0 aromatic heterocycles. The van der Waals surface area contributed by atoms with Gasteiger partial charge in [0.05, 0.1) is 6.42 Å². The molecule has 5 heteroatoms. The van der Waals surface area contributed by atoms with E-state index in [-0.39, 0.29) is 35.6 Å². The summed E-state index contributed by atoms with van der Waals surface area (Å²) in [7, 11) is 0. The van der Waals surface area contributed by atoms with Crippen molar-refractivity contribution >= 4 is 28.9 Å². The summed E-state index contributed by atoms with van der Waals surface area (Å²) in [6.07, 6.45) is 11.4. The van der Waals surface area contributed by atoms with Crippen LogP contribution < -0.4 is 0 Å². The molecule has 0 fully saturated rings. The molecule has 0 bridgehead atoms. The number of aryl methyl sites for hydroxylation is 2. The third-order valence-corrected chi connectivity index (χ3v) is 7.99. The van der Waals surface area contributed by atoms with Crippen molar-refractivity contribution in [2.75, 3.05) is 0 Å². The van der Waals surface area contributed by atoms with Crippen LogP contribution in [0.1, 0.15) is 173 Å². The molecule has 0 spiro atoms. The van der Waals surface area contributed by atoms with Gasteiger partial charge in [-0.15, -0.1) is 0 Å². The molecule has 0 radical (unpaired) electrons. The van der Waals surface area contributed by atoms with Crippen molar-refractivity contribution in [2.45, 2.75) is 166 Å². The van der Waals surface area contributed by atoms with Crippen LogP contribution in [0.15, 0.2) is 12.1 Å². The summed E-state index contributed by atoms with van der Waals surface area (Å²) in [5.41, 5.74) is 4.40. The molecule has 3 unspecified atom stereocenters. The monoisotopic (exact) mass is 614 g/mol. The minimum absolute atomic E-state index is 0.0451. The maximum atomic E-state index is 12.8. The first kappa shape index (κ1) is 43.7. The minimum atomic E-state index is -0.0658. The lowest BCUT2D eigenvalue weighted by atomic mass is 9.71. The number of carbonyl (C=O) groups excluding carboxylic acids is 5. The van der Waals surface area contributed by atoms with Crippen molar-refractivity contribution < 1.29 is 24.0 Å². The van der Waals surface area contributed by atoms with Crippen LogP contribution in [0.3, 0.4) is 0 Å². The quantitative estimate of drug-likeness (QED) is 0.183. The van der Waals surface area contributed by atoms with Gasteiger partial charge >= 0.3 is 0 Å². The number of fused-ring (bicyclic) bond motifs is 1. The van der Waals surface area contributed by atoms with E-state index in [0.29, 0.717) is 36.7 Å². The standard InChI is InChI=1S/C24H34O3.2C6H12O.C3H8/c1-6-8-19(20(7-2)22(26)11-17(5)25)12-18-13-21-15(3)9-10-16(4)24(21)23(27)14-18;2*1-3-5-6(7)4-2;1-3-2/h9-10,18-20H,6-8,11-14H2,1-5H3;2*3-5H2,1-2H3;3H2,1-2H3. The van der Waals surface area contributed by atoms with Crippen molar-refractivity contribution in [3.05, 3.63) is 34.4 Å². The first-order valence-electron chi connectivity index (χ1n) is 17.5. The van der Waals surface area contributed by atoms with Crippen LogP contribution in [-0.4, -0.2) is 28.9 Å². The van der Waals surface area contributed by atoms with Crippen molar-refractivity contribution in [3.8, 4) is 0 Å². The predicted molar refractivity (Wildman–Crippen MR) is 186 cm³/mol. The van der Waals surface area contributed by atoms with Gasteiger partial charge < -0.3 is 0 Å². The zero-order valence-electron chi connectivity index (χ0n) is 30.3. The second-order valence-electron chi connectivity index (χ2n) is 12.4. The lowest BCUT2D eigenvalue weighted by Gasteiger charge is -2.32. The molecule has 0 amide bonds. The molecule has 1 aromatic carbocycles. The Bertz CT molecular complexity index is 988. The van der Waals surface area contributed by atoms with E-state index in [4.69, 9.17) is 0 Å². The van der Waals surface area contributed by atoms with E-state index < -0.39 is 0 Å². The SMILES string of the molecule is CCC.CCCC(=O)CC.CCCC(=O)CC.CCCC(CC1CC(=O)c2c(C)ccc(C)c2C1)C(CC)C(=O)CC(C)=O. The van der Waals surface area contributed by atoms with Crippen LogP contribution in [0.4, 0.5) is 0 Å². The van der Waals surface area contributed by atoms with Gasteiger partial charge in [0, 0.05) is 43.6 Å². The Morgan fingerprint density at radius 1 is 0.773 bits per heavy atom. The van der Waals surface area contributed by atoms with E-state index >= 15 is 0 Å². The summed E-state index contributed by atoms with van der Waals surface area (Å²) in [6.45, 7) is 21.9. The molecule has 1 aliphatic carbocycles. The van der Waals surface area contributed by atoms with Crippen LogP contribution in [-0.2, 0) is 25.6 Å². The Hall–Kier alpha value is -2.43. The number of benzene rings is 1. The Labute approximate surface area is 270 Å². The fourth-order valence-corrected chi connectivity index (χ4v) is 5.81. The highest BCUT2D eigenvalue weighted by molar-refractivity contribution is 6.00. The smallest absolute Gasteiger partial charge is 0.163 e. The van der Waals surface area contributed by atoms with E-state index in [1.165, 1.54) is 24.5 Å². The summed E-state index contributed by atoms with van der Waals surface area (Å²) in [6, 6.07) is 4.15. The second-order valence-corrected chi connectivity index (χ2v) is 12.4. The summed E-state index contributed by atoms with van der Waals surface area (Å²) in [5, 5.41) is 0. The first-order chi connectivity index (χ1) is 20.8. The topological polar surface area (TPSA) is 85.3 Å². The van der Waals surface area contributed by atoms with Gasteiger partial charge in [-0.2, -0.15) is 0 Å². The Morgan fingerprint density at radius 2 is 1.27 bits per heavy atom. The summed E-state index contributed by atoms with van der Waals surface area (Å²) in [5.74, 6) is 1.52. The van der Waals surface area contributed by atoms with Crippen LogP contribution in [0, 0.1) is 31.6 Å². The van der Waals surface area contributed by atoms with E-state index in [1.54, 1.807) is 0 Å². The third-order valence-electron chi connectivity index (χ3n) is 7.99. The Morgan fingerprint density at radius 3 is 1.66 bits per heavy atom. The minimum Gasteiger partial charge on any atom is -0.300 e. The molecule has 3 atom stereocenters. The molecule has 0 heterocycles. The van der Waals surface area contributed by atoms with Gasteiger partial charge in [0.15, 0.2) is 5.78 Å². The first-order valence-corrected chi connectivity index (χ1v) is 17.5. The third kappa shape index (κ3) is 17.8. The van der Waals surface area contributed by atoms with Gasteiger partial charge in [0.1, 0.15) is 23.1 Å². The fraction of sp³-hybridized carbons (Fsp3) is 0.718. The van der Waals surface area contributed by atoms with Gasteiger partial charge in [-0.25, -0.2) is 0 Å². The molecule has 0 saturated carbocycles. The number of rotatable bonds is 15. The largest absolute Gasteiger partial charge is 0.300 e. The molecular weight excluding hydrogens is 548 g/mol. The number of carbonyl (C=O) groups is 5. The Balaban J connectivity index is 0. The zero-order valence-corrected chi connectivity index (χ0v) is 30.3. The van der Waals surface area contributed by atoms with Gasteiger partial charge in [-0.1, -0.05) is 86.8 Å². The van der Waals surface area contributed by atoms with Crippen molar-refractivity contribution in [2.24, 2.45) is 17.8 Å². The number of ketones is 5. The normalized spacial score (nSPS) is 14.7. The van der Waals surface area contributed by atoms with Crippen LogP contribution >= 0.6 is 0 Å².